The number of rotatable bonds is 41. The Labute approximate surface area is 398 Å². The maximum absolute atomic E-state index is 13.1. The number of carbonyl (C=O) groups excluding carboxylic acids is 2. The van der Waals surface area contributed by atoms with Gasteiger partial charge in [0.2, 0.25) is 0 Å². The fourth-order valence-electron chi connectivity index (χ4n) is 7.25. The molecule has 8 N–H and O–H groups in total. The molecule has 1 saturated carbocycles. The van der Waals surface area contributed by atoms with E-state index in [0.29, 0.717) is 12.8 Å². The van der Waals surface area contributed by atoms with Gasteiger partial charge in [0.25, 0.3) is 0 Å². The minimum absolute atomic E-state index is 0.0100. The van der Waals surface area contributed by atoms with Gasteiger partial charge in [-0.05, 0) is 70.6 Å². The van der Waals surface area contributed by atoms with Crippen LogP contribution in [0.2, 0.25) is 0 Å². The Hall–Kier alpha value is -1.63. The lowest BCUT2D eigenvalue weighted by molar-refractivity contribution is -0.213. The van der Waals surface area contributed by atoms with Gasteiger partial charge in [-0.2, -0.15) is 0 Å². The van der Waals surface area contributed by atoms with E-state index in [2.05, 4.69) is 59.4 Å². The first kappa shape index (κ1) is 63.4. The summed E-state index contributed by atoms with van der Waals surface area (Å²) in [5.41, 5.74) is 0. The Morgan fingerprint density at radius 3 is 1.36 bits per heavy atom. The number of hydrogen-bond acceptors (Lipinski definition) is 14. The molecule has 8 atom stereocenters. The van der Waals surface area contributed by atoms with E-state index >= 15 is 0 Å². The lowest BCUT2D eigenvalue weighted by atomic mass is 9.85. The van der Waals surface area contributed by atoms with Gasteiger partial charge >= 0.3 is 35.4 Å². The highest BCUT2D eigenvalue weighted by molar-refractivity contribution is 7.47. The first-order valence-corrected chi connectivity index (χ1v) is 28.8. The Morgan fingerprint density at radius 2 is 0.866 bits per heavy atom. The van der Waals surface area contributed by atoms with Gasteiger partial charge in [-0.3, -0.25) is 27.7 Å². The van der Waals surface area contributed by atoms with E-state index in [-0.39, 0.29) is 12.8 Å². The topological polar surface area (TPSA) is 303 Å². The summed E-state index contributed by atoms with van der Waals surface area (Å²) < 4.78 is 65.5. The van der Waals surface area contributed by atoms with Crippen LogP contribution >= 0.6 is 23.5 Å². The second-order valence-corrected chi connectivity index (χ2v) is 20.8. The Balaban J connectivity index is 2.74. The Kier molecular flexibility index (Phi) is 35.2. The maximum atomic E-state index is 13.1. The summed E-state index contributed by atoms with van der Waals surface area (Å²) in [6.07, 6.45) is 21.6. The Morgan fingerprint density at radius 1 is 0.478 bits per heavy atom. The number of esters is 2. The van der Waals surface area contributed by atoms with Gasteiger partial charge in [-0.25, -0.2) is 13.7 Å². The van der Waals surface area contributed by atoms with E-state index in [1.165, 1.54) is 44.9 Å². The smallest absolute Gasteiger partial charge is 0.462 e. The number of ether oxygens (including phenoxy) is 2. The minimum atomic E-state index is -5.60. The third kappa shape index (κ3) is 33.6. The number of carbonyl (C=O) groups is 2. The van der Waals surface area contributed by atoms with Crippen LogP contribution in [0.3, 0.4) is 0 Å². The minimum Gasteiger partial charge on any atom is -0.462 e. The lowest BCUT2D eigenvalue weighted by Gasteiger charge is -2.44. The molecule has 1 rings (SSSR count). The van der Waals surface area contributed by atoms with Crippen molar-refractivity contribution in [3.8, 4) is 0 Å². The summed E-state index contributed by atoms with van der Waals surface area (Å²) in [5.74, 6) is -1.32. The largest absolute Gasteiger partial charge is 0.472 e. The molecule has 1 aliphatic carbocycles. The average Bonchev–Trinajstić information content (AvgIpc) is 3.25. The van der Waals surface area contributed by atoms with Gasteiger partial charge in [0.1, 0.15) is 43.2 Å². The quantitative estimate of drug-likeness (QED) is 0.0123. The Bertz CT molecular complexity index is 1550. The van der Waals surface area contributed by atoms with Crippen LogP contribution in [0.4, 0.5) is 0 Å². The summed E-state index contributed by atoms with van der Waals surface area (Å²) in [7, 11) is -16.6. The molecule has 0 radical (unpaired) electrons. The number of hydrogen-bond donors (Lipinski definition) is 8. The number of aliphatic hydroxyl groups is 3. The fraction of sp³-hybridized carbons (Fsp3) is 0.822. The predicted octanol–water partition coefficient (Wildman–Crippen LogP) is 8.85. The number of phosphoric acid groups is 3. The fourth-order valence-corrected chi connectivity index (χ4v) is 9.35. The highest BCUT2D eigenvalue weighted by Crippen LogP contribution is 2.51. The predicted molar refractivity (Wildman–Crippen MR) is 252 cm³/mol. The zero-order valence-corrected chi connectivity index (χ0v) is 42.4. The monoisotopic (exact) mass is 1020 g/mol. The third-order valence-electron chi connectivity index (χ3n) is 10.9. The first-order chi connectivity index (χ1) is 31.8. The normalized spacial score (nSPS) is 21.9. The average molecular weight is 1020 g/mol. The molecular weight excluding hydrogens is 937 g/mol. The SMILES string of the molecule is CCCCC/C=C\C/C=C\CCCCCCCC(=O)OC[C@H](COP(=O)(O)O[C@H]1C(O)C(O)C(OP(=O)(O)O)[C@@H](OP(=O)(O)O)C1O)OC(=O)CCCCCCCCC/C=C\CCCCCC. The summed E-state index contributed by atoms with van der Waals surface area (Å²) in [5, 5.41) is 31.9. The second-order valence-electron chi connectivity index (χ2n) is 17.0. The molecule has 1 fully saturated rings. The zero-order valence-electron chi connectivity index (χ0n) is 39.7. The van der Waals surface area contributed by atoms with Crippen molar-refractivity contribution < 1.29 is 90.6 Å². The van der Waals surface area contributed by atoms with Crippen LogP contribution in [-0.2, 0) is 50.9 Å². The van der Waals surface area contributed by atoms with E-state index in [0.717, 1.165) is 96.3 Å². The zero-order chi connectivity index (χ0) is 50.0. The van der Waals surface area contributed by atoms with E-state index in [9.17, 15) is 63.1 Å². The first-order valence-electron chi connectivity index (χ1n) is 24.3. The van der Waals surface area contributed by atoms with Crippen molar-refractivity contribution in [2.75, 3.05) is 13.2 Å². The summed E-state index contributed by atoms with van der Waals surface area (Å²) in [6, 6.07) is 0. The third-order valence-corrected chi connectivity index (χ3v) is 12.9. The van der Waals surface area contributed by atoms with Gasteiger partial charge in [0.15, 0.2) is 6.10 Å². The molecule has 5 unspecified atom stereocenters. The van der Waals surface area contributed by atoms with E-state index in [4.69, 9.17) is 18.5 Å². The van der Waals surface area contributed by atoms with Gasteiger partial charge in [-0.15, -0.1) is 0 Å². The molecule has 0 spiro atoms. The number of aliphatic hydroxyl groups excluding tert-OH is 3. The number of allylic oxidation sites excluding steroid dienone is 6. The van der Waals surface area contributed by atoms with Crippen molar-refractivity contribution in [2.24, 2.45) is 0 Å². The van der Waals surface area contributed by atoms with Crippen LogP contribution in [0.5, 0.6) is 0 Å². The molecule has 67 heavy (non-hydrogen) atoms. The van der Waals surface area contributed by atoms with Crippen molar-refractivity contribution >= 4 is 35.4 Å². The molecule has 1 aliphatic rings. The van der Waals surface area contributed by atoms with Gasteiger partial charge in [0.05, 0.1) is 6.61 Å². The highest BCUT2D eigenvalue weighted by Gasteiger charge is 2.56. The molecular formula is C45H83O19P3. The molecule has 0 aromatic rings. The lowest BCUT2D eigenvalue weighted by Crippen LogP contribution is -2.65. The summed E-state index contributed by atoms with van der Waals surface area (Å²) >= 11 is 0. The standard InChI is InChI=1S/C45H83O19P3/c1-3-5-7-9-11-13-15-17-19-21-23-25-27-29-31-33-38(46)59-35-37(61-39(47)34-32-30-28-26-24-22-20-18-16-14-12-10-8-6-4-2)36-60-67(57,58)64-43-40(48)41(49)44(62-65(51,52)53)45(42(43)50)63-66(54,55)56/h11,13-14,16-17,19,37,40-45,48-50H,3-10,12,15,18,20-36H2,1-2H3,(H,57,58)(H2,51,52,53)(H2,54,55,56)/b13-11-,16-14-,19-17-/t37-,40?,41?,42?,43+,44?,45+/m1/s1. The van der Waals surface area contributed by atoms with Crippen LogP contribution in [0.25, 0.3) is 0 Å². The van der Waals surface area contributed by atoms with Crippen molar-refractivity contribution in [3.05, 3.63) is 36.5 Å². The molecule has 19 nitrogen and oxygen atoms in total. The molecule has 0 amide bonds. The number of phosphoric ester groups is 3. The van der Waals surface area contributed by atoms with Crippen LogP contribution in [0.15, 0.2) is 36.5 Å². The van der Waals surface area contributed by atoms with Crippen molar-refractivity contribution in [3.63, 3.8) is 0 Å². The van der Waals surface area contributed by atoms with Gasteiger partial charge in [0, 0.05) is 12.8 Å². The molecule has 0 aromatic heterocycles. The van der Waals surface area contributed by atoms with E-state index < -0.39 is 91.3 Å². The molecule has 22 heteroatoms. The molecule has 392 valence electrons. The second kappa shape index (κ2) is 37.2. The van der Waals surface area contributed by atoms with Crippen LogP contribution in [0.1, 0.15) is 181 Å². The van der Waals surface area contributed by atoms with Crippen LogP contribution in [0, 0.1) is 0 Å². The molecule has 0 aromatic carbocycles. The molecule has 0 heterocycles. The highest BCUT2D eigenvalue weighted by atomic mass is 31.2. The van der Waals surface area contributed by atoms with E-state index in [1.807, 2.05) is 0 Å². The molecule has 0 saturated heterocycles. The van der Waals surface area contributed by atoms with Crippen molar-refractivity contribution in [1.82, 2.24) is 0 Å². The van der Waals surface area contributed by atoms with Crippen LogP contribution < -0.4 is 0 Å². The summed E-state index contributed by atoms with van der Waals surface area (Å²) in [4.78, 5) is 73.2. The van der Waals surface area contributed by atoms with Gasteiger partial charge in [-0.1, -0.05) is 134 Å². The van der Waals surface area contributed by atoms with E-state index in [1.54, 1.807) is 0 Å². The summed E-state index contributed by atoms with van der Waals surface area (Å²) in [6.45, 7) is 2.89. The maximum Gasteiger partial charge on any atom is 0.472 e. The molecule has 0 bridgehead atoms. The molecule has 0 aliphatic heterocycles. The van der Waals surface area contributed by atoms with Crippen molar-refractivity contribution in [1.29, 1.82) is 0 Å². The van der Waals surface area contributed by atoms with Gasteiger partial charge < -0.3 is 49.3 Å². The van der Waals surface area contributed by atoms with Crippen molar-refractivity contribution in [2.45, 2.75) is 224 Å². The number of unbranched alkanes of at least 4 members (excludes halogenated alkanes) is 19. The van der Waals surface area contributed by atoms with Crippen LogP contribution in [-0.4, -0.2) is 108 Å².